The van der Waals surface area contributed by atoms with E-state index in [2.05, 4.69) is 20.8 Å². The van der Waals surface area contributed by atoms with Crippen LogP contribution in [0.3, 0.4) is 0 Å². The highest BCUT2D eigenvalue weighted by atomic mass is 32.2. The van der Waals surface area contributed by atoms with Crippen molar-refractivity contribution in [3.05, 3.63) is 22.3 Å². The Morgan fingerprint density at radius 1 is 1.17 bits per heavy atom. The maximum Gasteiger partial charge on any atom is 0.355 e. The van der Waals surface area contributed by atoms with Crippen LogP contribution in [0.25, 0.3) is 0 Å². The van der Waals surface area contributed by atoms with Crippen molar-refractivity contribution in [3.63, 3.8) is 0 Å². The van der Waals surface area contributed by atoms with Gasteiger partial charge in [0.25, 0.3) is 11.8 Å². The fraction of sp³-hybridized carbons (Fsp3) is 0.560. The van der Waals surface area contributed by atoms with E-state index in [1.807, 2.05) is 0 Å². The molecule has 0 spiro atoms. The molecule has 3 heterocycles. The molecule has 3 amide bonds. The topological polar surface area (TPSA) is 175 Å². The molecule has 0 aliphatic carbocycles. The number of esters is 2. The molecule has 1 saturated heterocycles. The van der Waals surface area contributed by atoms with Crippen molar-refractivity contribution in [2.24, 2.45) is 5.16 Å². The number of nitrogens with zero attached hydrogens (tertiary/aromatic N) is 3. The maximum atomic E-state index is 13.3. The Balaban J connectivity index is 1.81. The fourth-order valence-electron chi connectivity index (χ4n) is 3.72. The van der Waals surface area contributed by atoms with Gasteiger partial charge in [0.1, 0.15) is 34.0 Å². The zero-order chi connectivity index (χ0) is 30.5. The molecule has 0 radical (unpaired) electrons. The minimum absolute atomic E-state index is 0.0395. The second-order valence-corrected chi connectivity index (χ2v) is 12.8. The van der Waals surface area contributed by atoms with E-state index in [0.29, 0.717) is 17.7 Å². The number of β-lactam (4-membered cyclic amide) rings is 1. The van der Waals surface area contributed by atoms with Crippen LogP contribution in [0, 0.1) is 0 Å². The number of ether oxygens (including phenoxy) is 3. The van der Waals surface area contributed by atoms with E-state index >= 15 is 0 Å². The monoisotopic (exact) mass is 611 g/mol. The molecule has 2 aliphatic rings. The number of fused-ring (bicyclic) bond motifs is 1. The lowest BCUT2D eigenvalue weighted by Gasteiger charge is -2.49. The number of aromatic nitrogens is 1. The molecule has 2 N–H and O–H groups in total. The lowest BCUT2D eigenvalue weighted by molar-refractivity contribution is -0.160. The Labute approximate surface area is 245 Å². The number of carbonyl (C=O) groups excluding carboxylic acids is 5. The number of methoxy groups -OCH3 is 1. The van der Waals surface area contributed by atoms with Gasteiger partial charge in [-0.1, -0.05) is 5.16 Å². The first-order chi connectivity index (χ1) is 19.1. The first-order valence-electron chi connectivity index (χ1n) is 12.4. The Bertz CT molecular complexity index is 1260. The van der Waals surface area contributed by atoms with Crippen LogP contribution in [-0.4, -0.2) is 94.5 Å². The molecule has 0 saturated carbocycles. The molecule has 2 atom stereocenters. The summed E-state index contributed by atoms with van der Waals surface area (Å²) in [5, 5.41) is 9.84. The van der Waals surface area contributed by atoms with Crippen LogP contribution in [0.2, 0.25) is 0 Å². The zero-order valence-electron chi connectivity index (χ0n) is 23.8. The van der Waals surface area contributed by atoms with E-state index in [1.165, 1.54) is 29.2 Å². The second kappa shape index (κ2) is 13.0. The third-order valence-corrected chi connectivity index (χ3v) is 7.26. The van der Waals surface area contributed by atoms with Gasteiger partial charge >= 0.3 is 11.9 Å². The summed E-state index contributed by atoms with van der Waals surface area (Å²) in [6.07, 6.45) is 0.425. The Hall–Kier alpha value is -3.50. The number of oxime groups is 1. The summed E-state index contributed by atoms with van der Waals surface area (Å²) in [5.74, 6) is -2.35. The van der Waals surface area contributed by atoms with Crippen LogP contribution in [0.4, 0.5) is 5.13 Å². The summed E-state index contributed by atoms with van der Waals surface area (Å²) in [5.41, 5.74) is -1.15. The number of thiazole rings is 1. The first-order valence-corrected chi connectivity index (χ1v) is 14.4. The van der Waals surface area contributed by atoms with Crippen LogP contribution in [0.1, 0.15) is 47.2 Å². The van der Waals surface area contributed by atoms with E-state index in [0.717, 1.165) is 11.3 Å². The number of amides is 3. The third kappa shape index (κ3) is 8.27. The Morgan fingerprint density at radius 2 is 1.85 bits per heavy atom. The van der Waals surface area contributed by atoms with Crippen LogP contribution < -0.4 is 10.6 Å². The predicted octanol–water partition coefficient (Wildman–Crippen LogP) is 1.42. The van der Waals surface area contributed by atoms with Crippen molar-refractivity contribution < 1.29 is 43.0 Å². The van der Waals surface area contributed by atoms with Crippen LogP contribution in [-0.2, 0) is 43.0 Å². The SMILES string of the molecule is COCC1=C(C(=O)OC(C)(C)C)N2C(=O)C(NC(=O)C(=NOCC(=O)OC(C)(C)C)c3csc(NC=O)n3)[C@H]2SC1. The molecule has 3 rings (SSSR count). The summed E-state index contributed by atoms with van der Waals surface area (Å²) in [4.78, 5) is 73.0. The van der Waals surface area contributed by atoms with E-state index in [4.69, 9.17) is 19.0 Å². The number of hydrogen-bond donors (Lipinski definition) is 2. The van der Waals surface area contributed by atoms with Gasteiger partial charge in [-0.25, -0.2) is 14.6 Å². The third-order valence-electron chi connectivity index (χ3n) is 5.15. The molecule has 41 heavy (non-hydrogen) atoms. The molecule has 14 nitrogen and oxygen atoms in total. The van der Waals surface area contributed by atoms with Crippen molar-refractivity contribution in [1.82, 2.24) is 15.2 Å². The van der Waals surface area contributed by atoms with Gasteiger partial charge in [-0.2, -0.15) is 0 Å². The number of thioether (sulfide) groups is 1. The quantitative estimate of drug-likeness (QED) is 0.122. The highest BCUT2D eigenvalue weighted by Gasteiger charge is 2.55. The average Bonchev–Trinajstić information content (AvgIpc) is 3.31. The molecule has 1 aromatic heterocycles. The van der Waals surface area contributed by atoms with E-state index < -0.39 is 53.0 Å². The highest BCUT2D eigenvalue weighted by molar-refractivity contribution is 8.00. The molecule has 0 bridgehead atoms. The molecular weight excluding hydrogens is 578 g/mol. The van der Waals surface area contributed by atoms with E-state index in [1.54, 1.807) is 41.5 Å². The molecule has 1 aromatic rings. The van der Waals surface area contributed by atoms with Gasteiger partial charge in [0, 0.05) is 18.2 Å². The van der Waals surface area contributed by atoms with Gasteiger partial charge < -0.3 is 29.7 Å². The molecule has 1 unspecified atom stereocenters. The lowest BCUT2D eigenvalue weighted by Crippen LogP contribution is -2.71. The standard InChI is InChI=1S/C25H33N5O9S2/c1-24(2,3)38-15(32)9-37-29-16(14-11-41-23(27-14)26-12-31)19(33)28-17-20(34)30-18(22(35)39-25(4,5)6)13(8-36-7)10-40-21(17)30/h11-12,17,21H,8-10H2,1-7H3,(H,28,33)(H,26,27,31)/t17?,21-/m1/s1. The normalized spacial score (nSPS) is 19.1. The molecule has 2 aliphatic heterocycles. The summed E-state index contributed by atoms with van der Waals surface area (Å²) >= 11 is 2.38. The van der Waals surface area contributed by atoms with Gasteiger partial charge in [-0.05, 0) is 47.1 Å². The molecule has 1 fully saturated rings. The molecule has 16 heteroatoms. The smallest absolute Gasteiger partial charge is 0.355 e. The summed E-state index contributed by atoms with van der Waals surface area (Å²) in [7, 11) is 1.48. The number of rotatable bonds is 11. The summed E-state index contributed by atoms with van der Waals surface area (Å²) < 4.78 is 15.9. The van der Waals surface area contributed by atoms with Gasteiger partial charge in [0.2, 0.25) is 13.0 Å². The number of hydrogen-bond acceptors (Lipinski definition) is 13. The number of anilines is 1. The fourth-order valence-corrected chi connectivity index (χ4v) is 5.70. The van der Waals surface area contributed by atoms with Crippen molar-refractivity contribution in [2.75, 3.05) is 31.4 Å². The zero-order valence-corrected chi connectivity index (χ0v) is 25.4. The van der Waals surface area contributed by atoms with Crippen LogP contribution in [0.5, 0.6) is 0 Å². The number of carbonyl (C=O) groups is 5. The number of nitrogens with one attached hydrogen (secondary N) is 2. The summed E-state index contributed by atoms with van der Waals surface area (Å²) in [6, 6.07) is -1.00. The van der Waals surface area contributed by atoms with Crippen molar-refractivity contribution >= 4 is 64.1 Å². The van der Waals surface area contributed by atoms with Gasteiger partial charge in [0.15, 0.2) is 10.8 Å². The van der Waals surface area contributed by atoms with Gasteiger partial charge in [-0.15, -0.1) is 23.1 Å². The van der Waals surface area contributed by atoms with E-state index in [-0.39, 0.29) is 28.8 Å². The molecule has 0 aromatic carbocycles. The second-order valence-electron chi connectivity index (χ2n) is 10.8. The predicted molar refractivity (Wildman–Crippen MR) is 150 cm³/mol. The van der Waals surface area contributed by atoms with Crippen molar-refractivity contribution in [3.8, 4) is 0 Å². The largest absolute Gasteiger partial charge is 0.457 e. The van der Waals surface area contributed by atoms with Crippen molar-refractivity contribution in [2.45, 2.75) is 64.2 Å². The van der Waals surface area contributed by atoms with E-state index in [9.17, 15) is 24.0 Å². The Kier molecular flexibility index (Phi) is 10.1. The summed E-state index contributed by atoms with van der Waals surface area (Å²) in [6.45, 7) is 9.77. The molecule has 224 valence electrons. The van der Waals surface area contributed by atoms with Crippen LogP contribution >= 0.6 is 23.1 Å². The maximum absolute atomic E-state index is 13.3. The minimum Gasteiger partial charge on any atom is -0.457 e. The minimum atomic E-state index is -1.00. The average molecular weight is 612 g/mol. The van der Waals surface area contributed by atoms with Crippen LogP contribution in [0.15, 0.2) is 21.8 Å². The van der Waals surface area contributed by atoms with Crippen molar-refractivity contribution in [1.29, 1.82) is 0 Å². The highest BCUT2D eigenvalue weighted by Crippen LogP contribution is 2.41. The molecular formula is C25H33N5O9S2. The Morgan fingerprint density at radius 3 is 2.46 bits per heavy atom. The lowest BCUT2D eigenvalue weighted by atomic mass is 10.0. The first kappa shape index (κ1) is 32.0. The van der Waals surface area contributed by atoms with Gasteiger partial charge in [-0.3, -0.25) is 19.3 Å². The van der Waals surface area contributed by atoms with Gasteiger partial charge in [0.05, 0.1) is 6.61 Å².